The number of hydrogen-bond donors (Lipinski definition) is 1. The second-order valence-electron chi connectivity index (χ2n) is 6.84. The number of ether oxygens (including phenoxy) is 1. The van der Waals surface area contributed by atoms with Crippen molar-refractivity contribution in [2.75, 3.05) is 24.7 Å². The van der Waals surface area contributed by atoms with Crippen molar-refractivity contribution in [3.63, 3.8) is 0 Å². The highest BCUT2D eigenvalue weighted by Crippen LogP contribution is 2.30. The predicted octanol–water partition coefficient (Wildman–Crippen LogP) is 3.26. The molecule has 1 aromatic carbocycles. The zero-order valence-electron chi connectivity index (χ0n) is 14.3. The highest BCUT2D eigenvalue weighted by atomic mass is 32.2. The van der Waals surface area contributed by atoms with Gasteiger partial charge in [-0.15, -0.1) is 0 Å². The monoisotopic (exact) mass is 357 g/mol. The summed E-state index contributed by atoms with van der Waals surface area (Å²) in [5.74, 6) is 0.625. The third-order valence-corrected chi connectivity index (χ3v) is 6.23. The SMILES string of the molecule is C[C@H](CS(=O)(=O)CCCCCN)c1cc(F)cc(OCC2CC2)c1. The minimum absolute atomic E-state index is 0.0289. The second kappa shape index (κ2) is 8.81. The number of rotatable bonds is 11. The molecule has 1 atom stereocenters. The lowest BCUT2D eigenvalue weighted by molar-refractivity contribution is 0.298. The van der Waals surface area contributed by atoms with E-state index < -0.39 is 9.84 Å². The molecule has 0 aromatic heterocycles. The van der Waals surface area contributed by atoms with Gasteiger partial charge in [-0.3, -0.25) is 0 Å². The van der Waals surface area contributed by atoms with E-state index in [9.17, 15) is 12.8 Å². The van der Waals surface area contributed by atoms with Crippen LogP contribution in [0, 0.1) is 11.7 Å². The molecule has 24 heavy (non-hydrogen) atoms. The van der Waals surface area contributed by atoms with E-state index in [0.717, 1.165) is 12.8 Å². The maximum absolute atomic E-state index is 13.8. The van der Waals surface area contributed by atoms with E-state index >= 15 is 0 Å². The van der Waals surface area contributed by atoms with Crippen molar-refractivity contribution in [3.05, 3.63) is 29.6 Å². The van der Waals surface area contributed by atoms with Crippen molar-refractivity contribution in [1.82, 2.24) is 0 Å². The molecule has 1 saturated carbocycles. The molecule has 136 valence electrons. The molecule has 1 aliphatic rings. The zero-order valence-corrected chi connectivity index (χ0v) is 15.2. The van der Waals surface area contributed by atoms with Crippen LogP contribution in [0.4, 0.5) is 4.39 Å². The maximum atomic E-state index is 13.8. The topological polar surface area (TPSA) is 69.4 Å². The van der Waals surface area contributed by atoms with Gasteiger partial charge in [0.15, 0.2) is 9.84 Å². The van der Waals surface area contributed by atoms with Gasteiger partial charge in [-0.05, 0) is 61.8 Å². The lowest BCUT2D eigenvalue weighted by Gasteiger charge is -2.15. The Labute approximate surface area is 144 Å². The summed E-state index contributed by atoms with van der Waals surface area (Å²) in [4.78, 5) is 0. The maximum Gasteiger partial charge on any atom is 0.150 e. The first-order valence-electron chi connectivity index (χ1n) is 8.73. The summed E-state index contributed by atoms with van der Waals surface area (Å²) < 4.78 is 43.9. The Morgan fingerprint density at radius 1 is 1.25 bits per heavy atom. The molecular formula is C18H28FNO3S. The lowest BCUT2D eigenvalue weighted by atomic mass is 10.0. The van der Waals surface area contributed by atoms with E-state index in [0.29, 0.717) is 36.8 Å². The van der Waals surface area contributed by atoms with E-state index in [2.05, 4.69) is 0 Å². The molecule has 1 aromatic rings. The van der Waals surface area contributed by atoms with E-state index in [1.807, 2.05) is 6.92 Å². The highest BCUT2D eigenvalue weighted by molar-refractivity contribution is 7.91. The van der Waals surface area contributed by atoms with Gasteiger partial charge in [-0.1, -0.05) is 13.3 Å². The molecule has 4 nitrogen and oxygen atoms in total. The van der Waals surface area contributed by atoms with Crippen LogP contribution >= 0.6 is 0 Å². The van der Waals surface area contributed by atoms with Crippen LogP contribution in [0.15, 0.2) is 18.2 Å². The smallest absolute Gasteiger partial charge is 0.150 e. The van der Waals surface area contributed by atoms with E-state index in [1.54, 1.807) is 6.07 Å². The molecule has 2 N–H and O–H groups in total. The van der Waals surface area contributed by atoms with Crippen LogP contribution in [0.25, 0.3) is 0 Å². The van der Waals surface area contributed by atoms with Gasteiger partial charge >= 0.3 is 0 Å². The number of benzene rings is 1. The molecular weight excluding hydrogens is 329 g/mol. The Morgan fingerprint density at radius 3 is 2.67 bits per heavy atom. The van der Waals surface area contributed by atoms with Crippen LogP contribution in [0.3, 0.4) is 0 Å². The Kier molecular flexibility index (Phi) is 7.04. The Bertz CT molecular complexity index is 629. The largest absolute Gasteiger partial charge is 0.493 e. The molecule has 0 heterocycles. The number of halogens is 1. The predicted molar refractivity (Wildman–Crippen MR) is 94.6 cm³/mol. The van der Waals surface area contributed by atoms with Crippen LogP contribution in [-0.2, 0) is 9.84 Å². The van der Waals surface area contributed by atoms with Gasteiger partial charge in [0.2, 0.25) is 0 Å². The Balaban J connectivity index is 1.93. The molecule has 2 rings (SSSR count). The van der Waals surface area contributed by atoms with Crippen LogP contribution < -0.4 is 10.5 Å². The van der Waals surface area contributed by atoms with E-state index in [4.69, 9.17) is 10.5 Å². The quantitative estimate of drug-likeness (QED) is 0.617. The third-order valence-electron chi connectivity index (χ3n) is 4.31. The summed E-state index contributed by atoms with van der Waals surface area (Å²) in [6.07, 6.45) is 4.63. The number of hydrogen-bond acceptors (Lipinski definition) is 4. The Morgan fingerprint density at radius 2 is 2.00 bits per heavy atom. The van der Waals surface area contributed by atoms with Gasteiger partial charge in [0.25, 0.3) is 0 Å². The average Bonchev–Trinajstić information content (AvgIpc) is 3.33. The second-order valence-corrected chi connectivity index (χ2v) is 9.07. The van der Waals surface area contributed by atoms with Crippen LogP contribution in [0.5, 0.6) is 5.75 Å². The zero-order chi connectivity index (χ0) is 17.6. The molecule has 0 aliphatic heterocycles. The van der Waals surface area contributed by atoms with Crippen molar-refractivity contribution in [2.24, 2.45) is 11.7 Å². The first kappa shape index (κ1) is 19.2. The van der Waals surface area contributed by atoms with E-state index in [-0.39, 0.29) is 23.2 Å². The summed E-state index contributed by atoms with van der Waals surface area (Å²) in [6.45, 7) is 3.01. The number of unbranched alkanes of at least 4 members (excludes halogenated alkanes) is 2. The summed E-state index contributed by atoms with van der Waals surface area (Å²) in [5, 5.41) is 0. The fraction of sp³-hybridized carbons (Fsp3) is 0.667. The van der Waals surface area contributed by atoms with Crippen molar-refractivity contribution in [3.8, 4) is 5.75 Å². The third kappa shape index (κ3) is 6.77. The summed E-state index contributed by atoms with van der Waals surface area (Å²) in [5.41, 5.74) is 6.09. The van der Waals surface area contributed by atoms with Crippen LogP contribution in [0.2, 0.25) is 0 Å². The molecule has 1 fully saturated rings. The van der Waals surface area contributed by atoms with Crippen LogP contribution in [0.1, 0.15) is 50.5 Å². The van der Waals surface area contributed by atoms with Crippen molar-refractivity contribution in [2.45, 2.75) is 44.9 Å². The molecule has 0 radical (unpaired) electrons. The minimum Gasteiger partial charge on any atom is -0.493 e. The molecule has 0 bridgehead atoms. The van der Waals surface area contributed by atoms with Gasteiger partial charge in [0, 0.05) is 6.07 Å². The molecule has 0 amide bonds. The standard InChI is InChI=1S/C18H28FNO3S/c1-14(13-24(21,22)8-4-2-3-7-20)16-9-17(19)11-18(10-16)23-12-15-5-6-15/h9-11,14-15H,2-8,12-13,20H2,1H3/t14-/m1/s1. The molecule has 1 aliphatic carbocycles. The van der Waals surface area contributed by atoms with Gasteiger partial charge in [0.1, 0.15) is 11.6 Å². The Hall–Kier alpha value is -1.14. The molecule has 0 saturated heterocycles. The van der Waals surface area contributed by atoms with Crippen molar-refractivity contribution >= 4 is 9.84 Å². The summed E-state index contributed by atoms with van der Waals surface area (Å²) in [7, 11) is -3.15. The molecule has 6 heteroatoms. The van der Waals surface area contributed by atoms with Gasteiger partial charge in [-0.2, -0.15) is 0 Å². The average molecular weight is 357 g/mol. The van der Waals surface area contributed by atoms with Crippen molar-refractivity contribution < 1.29 is 17.5 Å². The number of sulfone groups is 1. The highest BCUT2D eigenvalue weighted by Gasteiger charge is 2.22. The first-order valence-corrected chi connectivity index (χ1v) is 10.6. The summed E-state index contributed by atoms with van der Waals surface area (Å²) >= 11 is 0. The lowest BCUT2D eigenvalue weighted by Crippen LogP contribution is -2.16. The van der Waals surface area contributed by atoms with Gasteiger partial charge in [0.05, 0.1) is 18.1 Å². The normalized spacial score (nSPS) is 16.1. The molecule has 0 unspecified atom stereocenters. The fourth-order valence-electron chi connectivity index (χ4n) is 2.65. The van der Waals surface area contributed by atoms with Crippen LogP contribution in [-0.4, -0.2) is 33.1 Å². The number of nitrogens with two attached hydrogens (primary N) is 1. The first-order chi connectivity index (χ1) is 11.4. The van der Waals surface area contributed by atoms with Gasteiger partial charge in [-0.25, -0.2) is 12.8 Å². The fourth-order valence-corrected chi connectivity index (χ4v) is 4.42. The molecule has 0 spiro atoms. The summed E-state index contributed by atoms with van der Waals surface area (Å²) in [6, 6.07) is 4.53. The van der Waals surface area contributed by atoms with Crippen molar-refractivity contribution in [1.29, 1.82) is 0 Å². The van der Waals surface area contributed by atoms with Gasteiger partial charge < -0.3 is 10.5 Å². The minimum atomic E-state index is -3.15. The van der Waals surface area contributed by atoms with E-state index in [1.165, 1.54) is 25.0 Å².